The van der Waals surface area contributed by atoms with Crippen LogP contribution in [0.4, 0.5) is 5.69 Å². The molecule has 0 saturated heterocycles. The topological polar surface area (TPSA) is 30.9 Å². The zero-order valence-corrected chi connectivity index (χ0v) is 29.0. The van der Waals surface area contributed by atoms with Gasteiger partial charge < -0.3 is 18.2 Å². The Morgan fingerprint density at radius 3 is 1.42 bits per heavy atom. The molecule has 0 bridgehead atoms. The van der Waals surface area contributed by atoms with Crippen LogP contribution >= 0.6 is 0 Å². The van der Waals surface area contributed by atoms with E-state index in [9.17, 15) is 0 Å². The lowest BCUT2D eigenvalue weighted by Crippen LogP contribution is -2.43. The van der Waals surface area contributed by atoms with Gasteiger partial charge >= 0.3 is 8.80 Å². The zero-order valence-electron chi connectivity index (χ0n) is 28.0. The molecule has 0 aliphatic heterocycles. The second-order valence-electron chi connectivity index (χ2n) is 10.3. The van der Waals surface area contributed by atoms with Crippen molar-refractivity contribution in [1.29, 1.82) is 0 Å². The monoisotopic (exact) mass is 624 g/mol. The van der Waals surface area contributed by atoms with Crippen LogP contribution in [0.15, 0.2) is 60.7 Å². The van der Waals surface area contributed by atoms with E-state index in [2.05, 4.69) is 89.9 Å². The first-order valence-electron chi connectivity index (χ1n) is 15.8. The summed E-state index contributed by atoms with van der Waals surface area (Å²) < 4.78 is 16.2. The van der Waals surface area contributed by atoms with Gasteiger partial charge in [-0.1, -0.05) is 164 Å². The third-order valence-corrected chi connectivity index (χ3v) is 9.49. The summed E-state index contributed by atoms with van der Waals surface area (Å²) in [6, 6.07) is 21.6. The zero-order chi connectivity index (χ0) is 30.5. The van der Waals surface area contributed by atoms with Gasteiger partial charge in [-0.2, -0.15) is 0 Å². The van der Waals surface area contributed by atoms with Crippen LogP contribution in [0.1, 0.15) is 127 Å². The molecule has 0 N–H and O–H groups in total. The minimum atomic E-state index is -2.41. The number of para-hydroxylation sites is 1. The number of aryl methyl sites for hydroxylation is 1. The van der Waals surface area contributed by atoms with E-state index in [1.54, 1.807) is 21.3 Å². The summed E-state index contributed by atoms with van der Waals surface area (Å²) in [5.41, 5.74) is 2.63. The van der Waals surface area contributed by atoms with Gasteiger partial charge in [-0.25, -0.2) is 0 Å². The number of nitrogens with zero attached hydrogens (tertiary/aromatic N) is 1. The summed E-state index contributed by atoms with van der Waals surface area (Å²) in [4.78, 5) is 2.22. The van der Waals surface area contributed by atoms with Crippen LogP contribution in [0.2, 0.25) is 6.04 Å². The molecule has 4 nitrogen and oxygen atoms in total. The molecule has 0 atom stereocenters. The number of anilines is 1. The van der Waals surface area contributed by atoms with Crippen molar-refractivity contribution in [1.82, 2.24) is 0 Å². The molecule has 0 spiro atoms. The first kappa shape index (κ1) is 50.9. The van der Waals surface area contributed by atoms with Crippen LogP contribution in [-0.2, 0) is 19.7 Å². The second-order valence-corrected chi connectivity index (χ2v) is 13.4. The van der Waals surface area contributed by atoms with Gasteiger partial charge in [0.25, 0.3) is 0 Å². The molecule has 0 unspecified atom stereocenters. The molecule has 5 heteroatoms. The maximum atomic E-state index is 5.40. The quantitative estimate of drug-likeness (QED) is 0.246. The molecule has 2 aromatic carbocycles. The van der Waals surface area contributed by atoms with Gasteiger partial charge in [0.2, 0.25) is 0 Å². The molecular weight excluding hydrogens is 547 g/mol. The Morgan fingerprint density at radius 1 is 0.674 bits per heavy atom. The van der Waals surface area contributed by atoms with Gasteiger partial charge in [-0.15, -0.1) is 0 Å². The van der Waals surface area contributed by atoms with E-state index in [0.717, 1.165) is 31.3 Å². The first-order valence-corrected chi connectivity index (χ1v) is 17.8. The molecule has 0 heterocycles. The maximum Gasteiger partial charge on any atom is 0.500 e. The highest BCUT2D eigenvalue weighted by Crippen LogP contribution is 2.25. The lowest BCUT2D eigenvalue weighted by atomic mass is 9.88. The van der Waals surface area contributed by atoms with E-state index < -0.39 is 8.80 Å². The van der Waals surface area contributed by atoms with Gasteiger partial charge in [0.05, 0.1) is 0 Å². The third-order valence-electron chi connectivity index (χ3n) is 6.66. The average Bonchev–Trinajstić information content (AvgIpc) is 3.02. The number of hydrogen-bond acceptors (Lipinski definition) is 4. The van der Waals surface area contributed by atoms with Gasteiger partial charge in [0, 0.05) is 46.7 Å². The standard InChI is InChI=1S/C13H23NO3Si.C8H16.C8H10.2C3H8.3CH4/c1-14(13-9-6-5-7-10-13)11-8-12-18(15-2,16-3)17-4;2*1-2-8-6-4-3-5-7-8;2*1-3-2;;;/h5-7,9-10H,8,11-12H2,1-4H3;8H,2-7H2,1H3;3-7H,2H2,1H3;2*3H2,1-2H3;3*1H4. The summed E-state index contributed by atoms with van der Waals surface area (Å²) in [6.07, 6.45) is 13.6. The third kappa shape index (κ3) is 27.6. The number of benzene rings is 2. The van der Waals surface area contributed by atoms with Crippen molar-refractivity contribution < 1.29 is 13.3 Å². The highest BCUT2D eigenvalue weighted by Gasteiger charge is 2.36. The van der Waals surface area contributed by atoms with Gasteiger partial charge in [0.15, 0.2) is 0 Å². The highest BCUT2D eigenvalue weighted by atomic mass is 28.4. The lowest BCUT2D eigenvalue weighted by molar-refractivity contribution is 0.123. The lowest BCUT2D eigenvalue weighted by Gasteiger charge is -2.26. The summed E-state index contributed by atoms with van der Waals surface area (Å²) >= 11 is 0. The Morgan fingerprint density at radius 2 is 1.09 bits per heavy atom. The predicted molar refractivity (Wildman–Crippen MR) is 201 cm³/mol. The molecule has 0 radical (unpaired) electrons. The fraction of sp³-hybridized carbons (Fsp3) is 0.684. The van der Waals surface area contributed by atoms with Crippen molar-refractivity contribution in [2.75, 3.05) is 39.8 Å². The van der Waals surface area contributed by atoms with Crippen LogP contribution in [0.25, 0.3) is 0 Å². The van der Waals surface area contributed by atoms with Crippen molar-refractivity contribution in [3.8, 4) is 0 Å². The summed E-state index contributed by atoms with van der Waals surface area (Å²) in [5.74, 6) is 1.09. The van der Waals surface area contributed by atoms with Crippen molar-refractivity contribution in [3.05, 3.63) is 66.2 Å². The number of rotatable bonds is 10. The molecule has 2 aromatic rings. The minimum absolute atomic E-state index is 0. The van der Waals surface area contributed by atoms with Gasteiger partial charge in [-0.3, -0.25) is 0 Å². The molecule has 1 aliphatic rings. The first-order chi connectivity index (χ1) is 19.4. The molecule has 256 valence electrons. The molecule has 3 rings (SSSR count). The smallest absolute Gasteiger partial charge is 0.377 e. The summed E-state index contributed by atoms with van der Waals surface area (Å²) in [5, 5.41) is 0. The second kappa shape index (κ2) is 36.5. The molecule has 0 aromatic heterocycles. The van der Waals surface area contributed by atoms with Crippen molar-refractivity contribution in [2.24, 2.45) is 5.92 Å². The van der Waals surface area contributed by atoms with Crippen molar-refractivity contribution in [2.45, 2.75) is 134 Å². The van der Waals surface area contributed by atoms with Crippen molar-refractivity contribution >= 4 is 14.5 Å². The minimum Gasteiger partial charge on any atom is -0.377 e. The summed E-state index contributed by atoms with van der Waals surface area (Å²) in [7, 11) is 4.64. The van der Waals surface area contributed by atoms with Crippen LogP contribution in [0.5, 0.6) is 0 Å². The van der Waals surface area contributed by atoms with E-state index in [0.29, 0.717) is 0 Å². The molecule has 1 fully saturated rings. The Labute approximate surface area is 273 Å². The van der Waals surface area contributed by atoms with E-state index in [1.165, 1.54) is 62.6 Å². The van der Waals surface area contributed by atoms with Crippen molar-refractivity contribution in [3.63, 3.8) is 0 Å². The Bertz CT molecular complexity index is 725. The highest BCUT2D eigenvalue weighted by molar-refractivity contribution is 6.60. The predicted octanol–water partition coefficient (Wildman–Crippen LogP) is 12.4. The largest absolute Gasteiger partial charge is 0.500 e. The Hall–Kier alpha value is -1.66. The molecule has 0 amide bonds. The Kier molecular flexibility index (Phi) is 43.3. The van der Waals surface area contributed by atoms with E-state index >= 15 is 0 Å². The Balaban J connectivity index is -0.000000162. The molecule has 43 heavy (non-hydrogen) atoms. The van der Waals surface area contributed by atoms with Gasteiger partial charge in [0.1, 0.15) is 0 Å². The SMILES string of the molecule is C.C.C.CCC.CCC.CCC1CCCCC1.CCc1ccccc1.CO[Si](CCCN(C)c1ccccc1)(OC)OC. The van der Waals surface area contributed by atoms with Crippen LogP contribution < -0.4 is 4.90 Å². The average molecular weight is 624 g/mol. The van der Waals surface area contributed by atoms with E-state index in [4.69, 9.17) is 13.3 Å². The van der Waals surface area contributed by atoms with E-state index in [-0.39, 0.29) is 22.3 Å². The van der Waals surface area contributed by atoms with Crippen LogP contribution in [0.3, 0.4) is 0 Å². The summed E-state index contributed by atoms with van der Waals surface area (Å²) in [6.45, 7) is 13.9. The molecule has 1 aliphatic carbocycles. The van der Waals surface area contributed by atoms with Gasteiger partial charge in [-0.05, 0) is 36.5 Å². The number of hydrogen-bond donors (Lipinski definition) is 0. The van der Waals surface area contributed by atoms with Crippen LogP contribution in [-0.4, -0.2) is 43.7 Å². The maximum absolute atomic E-state index is 5.40. The normalized spacial score (nSPS) is 11.8. The molecule has 1 saturated carbocycles. The fourth-order valence-electron chi connectivity index (χ4n) is 4.21. The van der Waals surface area contributed by atoms with E-state index in [1.807, 2.05) is 24.3 Å². The van der Waals surface area contributed by atoms with Crippen LogP contribution in [0, 0.1) is 5.92 Å². The fourth-order valence-corrected chi connectivity index (χ4v) is 5.91. The molecular formula is C38H77NO3Si.